The molecule has 0 unspecified atom stereocenters. The van der Waals surface area contributed by atoms with Crippen LogP contribution in [0.15, 0.2) is 47.8 Å². The molecule has 0 fully saturated rings. The monoisotopic (exact) mass is 456 g/mol. The Labute approximate surface area is 191 Å². The number of thiophene rings is 1. The average Bonchev–Trinajstić information content (AvgIpc) is 3.29. The maximum atomic E-state index is 12.9. The lowest BCUT2D eigenvalue weighted by molar-refractivity contribution is -0.117. The zero-order chi connectivity index (χ0) is 22.0. The predicted octanol–water partition coefficient (Wildman–Crippen LogP) is 5.31. The van der Waals surface area contributed by atoms with Crippen molar-refractivity contribution >= 4 is 34.5 Å². The first-order valence-electron chi connectivity index (χ1n) is 10.1. The number of hydrogen-bond acceptors (Lipinski definition) is 5. The molecule has 1 N–H and O–H groups in total. The predicted molar refractivity (Wildman–Crippen MR) is 126 cm³/mol. The van der Waals surface area contributed by atoms with Crippen molar-refractivity contribution in [3.05, 3.63) is 74.4 Å². The van der Waals surface area contributed by atoms with Crippen molar-refractivity contribution in [2.45, 2.75) is 19.4 Å². The topological polar surface area (TPSA) is 50.8 Å². The van der Waals surface area contributed by atoms with E-state index in [0.717, 1.165) is 35.5 Å². The number of methoxy groups -OCH3 is 2. The highest BCUT2D eigenvalue weighted by Crippen LogP contribution is 2.42. The molecule has 4 rings (SSSR count). The fourth-order valence-corrected chi connectivity index (χ4v) is 5.19. The fraction of sp³-hybridized carbons (Fsp3) is 0.292. The van der Waals surface area contributed by atoms with Gasteiger partial charge in [0.2, 0.25) is 5.91 Å². The molecule has 0 aliphatic carbocycles. The molecule has 0 saturated carbocycles. The quantitative estimate of drug-likeness (QED) is 0.545. The number of benzene rings is 2. The van der Waals surface area contributed by atoms with Crippen LogP contribution in [0.4, 0.5) is 5.69 Å². The van der Waals surface area contributed by atoms with E-state index < -0.39 is 0 Å². The summed E-state index contributed by atoms with van der Waals surface area (Å²) in [5.74, 6) is 1.39. The van der Waals surface area contributed by atoms with Crippen LogP contribution in [0.1, 0.15) is 27.6 Å². The van der Waals surface area contributed by atoms with E-state index in [-0.39, 0.29) is 11.9 Å². The second kappa shape index (κ2) is 9.30. The van der Waals surface area contributed by atoms with E-state index in [1.807, 2.05) is 31.2 Å². The third-order valence-corrected chi connectivity index (χ3v) is 6.76. The maximum absolute atomic E-state index is 12.9. The van der Waals surface area contributed by atoms with Gasteiger partial charge in [-0.25, -0.2) is 0 Å². The number of fused-ring (bicyclic) bond motifs is 1. The lowest BCUT2D eigenvalue weighted by atomic mass is 9.91. The number of nitrogens with one attached hydrogen (secondary N) is 1. The van der Waals surface area contributed by atoms with Crippen molar-refractivity contribution in [1.82, 2.24) is 4.90 Å². The van der Waals surface area contributed by atoms with Crippen molar-refractivity contribution in [2.24, 2.45) is 0 Å². The molecular weight excluding hydrogens is 432 g/mol. The molecule has 1 amide bonds. The summed E-state index contributed by atoms with van der Waals surface area (Å²) in [5.41, 5.74) is 4.10. The third-order valence-electron chi connectivity index (χ3n) is 5.60. The van der Waals surface area contributed by atoms with Gasteiger partial charge in [-0.1, -0.05) is 17.7 Å². The van der Waals surface area contributed by atoms with Gasteiger partial charge in [-0.15, -0.1) is 11.3 Å². The Bertz CT molecular complexity index is 1080. The SMILES string of the molecule is COc1cc2c(cc1OC)[C@H](c1cccs1)N(CC(=O)Nc1ccc(Cl)cc1C)CC2. The number of carbonyl (C=O) groups excluding carboxylic acids is 1. The largest absolute Gasteiger partial charge is 0.493 e. The van der Waals surface area contributed by atoms with Crippen molar-refractivity contribution in [2.75, 3.05) is 32.6 Å². The first-order chi connectivity index (χ1) is 15.0. The Morgan fingerprint density at radius 1 is 1.19 bits per heavy atom. The number of rotatable bonds is 6. The molecule has 31 heavy (non-hydrogen) atoms. The zero-order valence-electron chi connectivity index (χ0n) is 17.8. The van der Waals surface area contributed by atoms with Gasteiger partial charge in [-0.2, -0.15) is 0 Å². The van der Waals surface area contributed by atoms with Crippen molar-refractivity contribution < 1.29 is 14.3 Å². The number of amides is 1. The van der Waals surface area contributed by atoms with Crippen LogP contribution in [0.25, 0.3) is 0 Å². The molecule has 3 aromatic rings. The van der Waals surface area contributed by atoms with E-state index in [1.165, 1.54) is 10.4 Å². The molecule has 0 spiro atoms. The molecule has 5 nitrogen and oxygen atoms in total. The normalized spacial score (nSPS) is 15.9. The number of nitrogens with zero attached hydrogens (tertiary/aromatic N) is 1. The molecule has 0 bridgehead atoms. The van der Waals surface area contributed by atoms with E-state index in [2.05, 4.69) is 27.7 Å². The van der Waals surface area contributed by atoms with Gasteiger partial charge in [-0.3, -0.25) is 9.69 Å². The fourth-order valence-electron chi connectivity index (χ4n) is 4.09. The van der Waals surface area contributed by atoms with Gasteiger partial charge in [0.25, 0.3) is 0 Å². The summed E-state index contributed by atoms with van der Waals surface area (Å²) in [6.45, 7) is 3.00. The standard InChI is InChI=1S/C24H25ClN2O3S/c1-15-11-17(25)6-7-19(15)26-23(28)14-27-9-8-16-12-20(29-2)21(30-3)13-18(16)24(27)22-5-4-10-31-22/h4-7,10-13,24H,8-9,14H2,1-3H3,(H,26,28)/t24-/m1/s1. The molecule has 2 heterocycles. The van der Waals surface area contributed by atoms with Crippen molar-refractivity contribution in [3.63, 3.8) is 0 Å². The van der Waals surface area contributed by atoms with Crippen LogP contribution in [0.2, 0.25) is 5.02 Å². The molecule has 1 aliphatic rings. The zero-order valence-corrected chi connectivity index (χ0v) is 19.3. The van der Waals surface area contributed by atoms with Crippen molar-refractivity contribution in [1.29, 1.82) is 0 Å². The van der Waals surface area contributed by atoms with Crippen molar-refractivity contribution in [3.8, 4) is 11.5 Å². The molecule has 162 valence electrons. The van der Waals surface area contributed by atoms with E-state index in [0.29, 0.717) is 17.3 Å². The van der Waals surface area contributed by atoms with Crippen LogP contribution in [0.5, 0.6) is 11.5 Å². The second-order valence-corrected chi connectivity index (χ2v) is 8.97. The van der Waals surface area contributed by atoms with Crippen LogP contribution in [0.3, 0.4) is 0 Å². The smallest absolute Gasteiger partial charge is 0.238 e. The number of anilines is 1. The lowest BCUT2D eigenvalue weighted by Crippen LogP contribution is -2.41. The molecule has 7 heteroatoms. The highest BCUT2D eigenvalue weighted by atomic mass is 35.5. The Hall–Kier alpha value is -2.54. The Morgan fingerprint density at radius 2 is 1.97 bits per heavy atom. The van der Waals surface area contributed by atoms with Crippen LogP contribution < -0.4 is 14.8 Å². The van der Waals surface area contributed by atoms with E-state index >= 15 is 0 Å². The van der Waals surface area contributed by atoms with Crippen LogP contribution >= 0.6 is 22.9 Å². The highest BCUT2D eigenvalue weighted by molar-refractivity contribution is 7.10. The van der Waals surface area contributed by atoms with E-state index in [4.69, 9.17) is 21.1 Å². The van der Waals surface area contributed by atoms with E-state index in [9.17, 15) is 4.79 Å². The average molecular weight is 457 g/mol. The van der Waals surface area contributed by atoms with Gasteiger partial charge < -0.3 is 14.8 Å². The molecule has 1 atom stereocenters. The summed E-state index contributed by atoms with van der Waals surface area (Å²) in [4.78, 5) is 16.4. The van der Waals surface area contributed by atoms with Gasteiger partial charge in [0, 0.05) is 22.1 Å². The lowest BCUT2D eigenvalue weighted by Gasteiger charge is -2.37. The number of ether oxygens (including phenoxy) is 2. The Kier molecular flexibility index (Phi) is 6.51. The highest BCUT2D eigenvalue weighted by Gasteiger charge is 2.32. The second-order valence-electron chi connectivity index (χ2n) is 7.55. The van der Waals surface area contributed by atoms with Gasteiger partial charge in [-0.05, 0) is 71.8 Å². The molecular formula is C24H25ClN2O3S. The van der Waals surface area contributed by atoms with Crippen LogP contribution in [-0.4, -0.2) is 38.1 Å². The summed E-state index contributed by atoms with van der Waals surface area (Å²) < 4.78 is 11.1. The Morgan fingerprint density at radius 3 is 2.65 bits per heavy atom. The number of aryl methyl sites for hydroxylation is 1. The van der Waals surface area contributed by atoms with Gasteiger partial charge >= 0.3 is 0 Å². The number of halogens is 1. The van der Waals surface area contributed by atoms with Gasteiger partial charge in [0.1, 0.15) is 0 Å². The summed E-state index contributed by atoms with van der Waals surface area (Å²) in [7, 11) is 3.30. The minimum absolute atomic E-state index is 0.0133. The summed E-state index contributed by atoms with van der Waals surface area (Å²) in [6.07, 6.45) is 0.838. The first-order valence-corrected chi connectivity index (χ1v) is 11.3. The van der Waals surface area contributed by atoms with E-state index in [1.54, 1.807) is 31.6 Å². The van der Waals surface area contributed by atoms with Crippen LogP contribution in [-0.2, 0) is 11.2 Å². The molecule has 0 radical (unpaired) electrons. The molecule has 1 aromatic heterocycles. The van der Waals surface area contributed by atoms with Gasteiger partial charge in [0.15, 0.2) is 11.5 Å². The summed E-state index contributed by atoms with van der Waals surface area (Å²) >= 11 is 7.74. The molecule has 1 aliphatic heterocycles. The van der Waals surface area contributed by atoms with Gasteiger partial charge in [0.05, 0.1) is 26.8 Å². The summed E-state index contributed by atoms with van der Waals surface area (Å²) in [6, 6.07) is 13.7. The number of carbonyl (C=O) groups is 1. The molecule has 2 aromatic carbocycles. The summed E-state index contributed by atoms with van der Waals surface area (Å²) in [5, 5.41) is 5.76. The third kappa shape index (κ3) is 4.56. The minimum atomic E-state index is -0.0455. The van der Waals surface area contributed by atoms with Crippen LogP contribution in [0, 0.1) is 6.92 Å². The minimum Gasteiger partial charge on any atom is -0.493 e. The molecule has 0 saturated heterocycles. The maximum Gasteiger partial charge on any atom is 0.238 e. The Balaban J connectivity index is 1.62. The number of hydrogen-bond donors (Lipinski definition) is 1. The first kappa shape index (κ1) is 21.7.